The Labute approximate surface area is 137 Å². The number of sulfonamides is 1. The van der Waals surface area contributed by atoms with Crippen LogP contribution in [0.15, 0.2) is 29.2 Å². The summed E-state index contributed by atoms with van der Waals surface area (Å²) in [7, 11) is -3.89. The van der Waals surface area contributed by atoms with E-state index in [2.05, 4.69) is 5.43 Å². The van der Waals surface area contributed by atoms with E-state index in [1.807, 2.05) is 4.83 Å². The maximum absolute atomic E-state index is 12.0. The molecule has 0 aromatic heterocycles. The lowest BCUT2D eigenvalue weighted by Gasteiger charge is -2.21. The predicted molar refractivity (Wildman–Crippen MR) is 83.5 cm³/mol. The summed E-state index contributed by atoms with van der Waals surface area (Å²) < 4.78 is 24.0. The third-order valence-corrected chi connectivity index (χ3v) is 5.55. The van der Waals surface area contributed by atoms with Gasteiger partial charge in [-0.1, -0.05) is 11.6 Å². The molecule has 0 spiro atoms. The summed E-state index contributed by atoms with van der Waals surface area (Å²) in [4.78, 5) is 26.8. The average molecular weight is 364 g/mol. The highest BCUT2D eigenvalue weighted by atomic mass is 35.5. The normalized spacial score (nSPS) is 18.3. The number of rotatable bonds is 4. The van der Waals surface area contributed by atoms with Crippen LogP contribution in [-0.4, -0.2) is 42.8 Å². The van der Waals surface area contributed by atoms with Gasteiger partial charge in [-0.25, -0.2) is 8.42 Å². The first kappa shape index (κ1) is 17.1. The lowest BCUT2D eigenvalue weighted by molar-refractivity contribution is -0.136. The number of thioether (sulfide) groups is 1. The number of nitrogens with zero attached hydrogens (tertiary/aromatic N) is 1. The van der Waals surface area contributed by atoms with Crippen LogP contribution in [0, 0.1) is 0 Å². The maximum atomic E-state index is 12.0. The Kier molecular flexibility index (Phi) is 5.32. The van der Waals surface area contributed by atoms with Gasteiger partial charge in [0.2, 0.25) is 5.91 Å². The highest BCUT2D eigenvalue weighted by Crippen LogP contribution is 2.20. The summed E-state index contributed by atoms with van der Waals surface area (Å²) in [5.74, 6) is 0.0364. The van der Waals surface area contributed by atoms with Crippen LogP contribution in [0.2, 0.25) is 5.02 Å². The fourth-order valence-electron chi connectivity index (χ4n) is 1.84. The minimum absolute atomic E-state index is 0.0265. The molecular weight excluding hydrogens is 350 g/mol. The fourth-order valence-corrected chi connectivity index (χ4v) is 4.04. The first-order valence-corrected chi connectivity index (χ1v) is 9.25. The van der Waals surface area contributed by atoms with Crippen molar-refractivity contribution in [1.29, 1.82) is 0 Å². The number of hydrazine groups is 1. The van der Waals surface area contributed by atoms with Crippen molar-refractivity contribution in [2.45, 2.75) is 17.9 Å². The van der Waals surface area contributed by atoms with E-state index in [0.29, 0.717) is 16.7 Å². The molecule has 1 aliphatic heterocycles. The van der Waals surface area contributed by atoms with Gasteiger partial charge in [-0.2, -0.15) is 0 Å². The van der Waals surface area contributed by atoms with E-state index in [1.165, 1.54) is 47.9 Å². The van der Waals surface area contributed by atoms with Crippen LogP contribution in [0.5, 0.6) is 0 Å². The highest BCUT2D eigenvalue weighted by Gasteiger charge is 2.33. The SMILES string of the molecule is CC(=O)N1CSC[C@H]1C(=O)NNS(=O)(=O)c1ccc(Cl)cc1. The molecule has 0 radical (unpaired) electrons. The largest absolute Gasteiger partial charge is 0.321 e. The topological polar surface area (TPSA) is 95.6 Å². The molecular formula is C12H14ClN3O4S2. The lowest BCUT2D eigenvalue weighted by Crippen LogP contribution is -2.52. The van der Waals surface area contributed by atoms with Crippen molar-refractivity contribution in [2.24, 2.45) is 0 Å². The van der Waals surface area contributed by atoms with Gasteiger partial charge in [0.05, 0.1) is 10.8 Å². The number of benzene rings is 1. The third kappa shape index (κ3) is 3.92. The van der Waals surface area contributed by atoms with Crippen LogP contribution in [0.1, 0.15) is 6.92 Å². The van der Waals surface area contributed by atoms with Crippen LogP contribution in [0.25, 0.3) is 0 Å². The quantitative estimate of drug-likeness (QED) is 0.762. The summed E-state index contributed by atoms with van der Waals surface area (Å²) in [5.41, 5.74) is 2.15. The first-order chi connectivity index (χ1) is 10.3. The Morgan fingerprint density at radius 3 is 2.55 bits per heavy atom. The van der Waals surface area contributed by atoms with Gasteiger partial charge >= 0.3 is 0 Å². The summed E-state index contributed by atoms with van der Waals surface area (Å²) in [5, 5.41) is 0.406. The summed E-state index contributed by atoms with van der Waals surface area (Å²) >= 11 is 7.13. The van der Waals surface area contributed by atoms with E-state index in [-0.39, 0.29) is 10.8 Å². The molecule has 7 nitrogen and oxygen atoms in total. The zero-order valence-electron chi connectivity index (χ0n) is 11.6. The van der Waals surface area contributed by atoms with Crippen LogP contribution in [-0.2, 0) is 19.6 Å². The molecule has 2 amide bonds. The molecule has 1 saturated heterocycles. The number of nitrogens with one attached hydrogen (secondary N) is 2. The average Bonchev–Trinajstić information content (AvgIpc) is 2.95. The Bertz CT molecular complexity index is 678. The molecule has 2 rings (SSSR count). The molecule has 10 heteroatoms. The molecule has 1 atom stereocenters. The van der Waals surface area contributed by atoms with E-state index >= 15 is 0 Å². The second-order valence-corrected chi connectivity index (χ2v) is 7.67. The van der Waals surface area contributed by atoms with Crippen LogP contribution < -0.4 is 10.3 Å². The predicted octanol–water partition coefficient (Wildman–Crippen LogP) is 0.571. The van der Waals surface area contributed by atoms with Crippen molar-refractivity contribution in [2.75, 3.05) is 11.6 Å². The van der Waals surface area contributed by atoms with E-state index in [4.69, 9.17) is 11.6 Å². The van der Waals surface area contributed by atoms with Crippen molar-refractivity contribution in [3.63, 3.8) is 0 Å². The number of halogens is 1. The van der Waals surface area contributed by atoms with E-state index < -0.39 is 22.0 Å². The maximum Gasteiger partial charge on any atom is 0.258 e. The Morgan fingerprint density at radius 1 is 1.32 bits per heavy atom. The zero-order chi connectivity index (χ0) is 16.3. The Balaban J connectivity index is 2.01. The van der Waals surface area contributed by atoms with E-state index in [0.717, 1.165) is 0 Å². The number of hydrogen-bond acceptors (Lipinski definition) is 5. The van der Waals surface area contributed by atoms with Gasteiger partial charge in [0, 0.05) is 17.7 Å². The van der Waals surface area contributed by atoms with Gasteiger partial charge in [0.15, 0.2) is 0 Å². The minimum atomic E-state index is -3.89. The monoisotopic (exact) mass is 363 g/mol. The van der Waals surface area contributed by atoms with E-state index in [1.54, 1.807) is 0 Å². The van der Waals surface area contributed by atoms with Gasteiger partial charge in [-0.05, 0) is 24.3 Å². The second-order valence-electron chi connectivity index (χ2n) is 4.55. The molecule has 1 aromatic carbocycles. The molecule has 0 saturated carbocycles. The molecule has 1 fully saturated rings. The summed E-state index contributed by atoms with van der Waals surface area (Å²) in [6.45, 7) is 1.37. The first-order valence-electron chi connectivity index (χ1n) is 6.23. The fraction of sp³-hybridized carbons (Fsp3) is 0.333. The number of carbonyl (C=O) groups excluding carboxylic acids is 2. The van der Waals surface area contributed by atoms with Gasteiger partial charge in [0.1, 0.15) is 6.04 Å². The van der Waals surface area contributed by atoms with Crippen LogP contribution >= 0.6 is 23.4 Å². The smallest absolute Gasteiger partial charge is 0.258 e. The van der Waals surface area contributed by atoms with Crippen molar-refractivity contribution in [3.05, 3.63) is 29.3 Å². The van der Waals surface area contributed by atoms with Crippen LogP contribution in [0.4, 0.5) is 0 Å². The molecule has 1 aliphatic rings. The standard InChI is InChI=1S/C12H14ClN3O4S2/c1-8(17)16-7-21-6-11(16)12(18)14-15-22(19,20)10-4-2-9(13)3-5-10/h2-5,11,15H,6-7H2,1H3,(H,14,18)/t11-/m0/s1. The summed E-state index contributed by atoms with van der Waals surface area (Å²) in [6.07, 6.45) is 0. The Hall–Kier alpha value is -1.29. The number of carbonyl (C=O) groups is 2. The molecule has 0 unspecified atom stereocenters. The third-order valence-electron chi connectivity index (χ3n) is 3.02. The van der Waals surface area contributed by atoms with Crippen molar-refractivity contribution in [3.8, 4) is 0 Å². The zero-order valence-corrected chi connectivity index (χ0v) is 14.0. The van der Waals surface area contributed by atoms with Gasteiger partial charge < -0.3 is 4.90 Å². The molecule has 0 aliphatic carbocycles. The minimum Gasteiger partial charge on any atom is -0.321 e. The van der Waals surface area contributed by atoms with Crippen molar-refractivity contribution >= 4 is 45.2 Å². The lowest BCUT2D eigenvalue weighted by atomic mass is 10.3. The molecule has 0 bridgehead atoms. The summed E-state index contributed by atoms with van der Waals surface area (Å²) in [6, 6.07) is 4.83. The molecule has 22 heavy (non-hydrogen) atoms. The van der Waals surface area contributed by atoms with Crippen LogP contribution in [0.3, 0.4) is 0 Å². The number of amides is 2. The van der Waals surface area contributed by atoms with E-state index in [9.17, 15) is 18.0 Å². The molecule has 1 aromatic rings. The molecule has 1 heterocycles. The molecule has 2 N–H and O–H groups in total. The van der Waals surface area contributed by atoms with Gasteiger partial charge in [-0.3, -0.25) is 15.0 Å². The van der Waals surface area contributed by atoms with Gasteiger partial charge in [-0.15, -0.1) is 16.6 Å². The van der Waals surface area contributed by atoms with Crippen molar-refractivity contribution < 1.29 is 18.0 Å². The molecule has 120 valence electrons. The Morgan fingerprint density at radius 2 is 1.95 bits per heavy atom. The second kappa shape index (κ2) is 6.86. The number of hydrogen-bond donors (Lipinski definition) is 2. The highest BCUT2D eigenvalue weighted by molar-refractivity contribution is 7.99. The van der Waals surface area contributed by atoms with Crippen molar-refractivity contribution in [1.82, 2.24) is 15.2 Å². The van der Waals surface area contributed by atoms with Gasteiger partial charge in [0.25, 0.3) is 15.9 Å².